The van der Waals surface area contributed by atoms with Gasteiger partial charge in [0, 0.05) is 42.8 Å². The molecule has 1 N–H and O–H groups in total. The average molecular weight is 559 g/mol. The minimum absolute atomic E-state index is 0.0909. The lowest BCUT2D eigenvalue weighted by Crippen LogP contribution is -2.47. The maximum absolute atomic E-state index is 14.4. The molecule has 0 fully saturated rings. The molecule has 0 radical (unpaired) electrons. The van der Waals surface area contributed by atoms with Crippen LogP contribution in [0, 0.1) is 11.6 Å². The number of benzene rings is 1. The van der Waals surface area contributed by atoms with Gasteiger partial charge in [-0.25, -0.2) is 22.4 Å². The number of hydrogen-bond acceptors (Lipinski definition) is 4. The highest BCUT2D eigenvalue weighted by Gasteiger charge is 2.37. The second-order valence-electron chi connectivity index (χ2n) is 10.7. The molecule has 1 unspecified atom stereocenters. The Morgan fingerprint density at radius 2 is 1.80 bits per heavy atom. The molecule has 0 saturated heterocycles. The summed E-state index contributed by atoms with van der Waals surface area (Å²) < 4.78 is 62.5. The number of hydrogen-bond donors (Lipinski definition) is 1. The summed E-state index contributed by atoms with van der Waals surface area (Å²) in [7, 11) is 1.45. The number of rotatable bonds is 3. The Balaban J connectivity index is 1.63. The van der Waals surface area contributed by atoms with Crippen LogP contribution in [-0.4, -0.2) is 50.4 Å². The van der Waals surface area contributed by atoms with Gasteiger partial charge in [-0.15, -0.1) is 0 Å². The minimum atomic E-state index is -2.76. The summed E-state index contributed by atoms with van der Waals surface area (Å²) >= 11 is 0. The lowest BCUT2D eigenvalue weighted by atomic mass is 9.92. The third kappa shape index (κ3) is 4.78. The molecular weight excluding hydrogens is 532 g/mol. The van der Waals surface area contributed by atoms with E-state index in [1.165, 1.54) is 51.8 Å². The van der Waals surface area contributed by atoms with E-state index < -0.39 is 47.3 Å². The van der Waals surface area contributed by atoms with Crippen molar-refractivity contribution < 1.29 is 31.9 Å². The van der Waals surface area contributed by atoms with Crippen molar-refractivity contribution in [2.24, 2.45) is 0 Å². The van der Waals surface area contributed by atoms with Crippen molar-refractivity contribution in [2.45, 2.75) is 45.4 Å². The number of alkyl halides is 2. The van der Waals surface area contributed by atoms with Crippen LogP contribution in [0.3, 0.4) is 0 Å². The first-order chi connectivity index (χ1) is 18.7. The van der Waals surface area contributed by atoms with Gasteiger partial charge in [-0.1, -0.05) is 0 Å². The van der Waals surface area contributed by atoms with Crippen LogP contribution in [0.15, 0.2) is 47.5 Å². The van der Waals surface area contributed by atoms with Crippen molar-refractivity contribution in [3.05, 3.63) is 87.1 Å². The van der Waals surface area contributed by atoms with Gasteiger partial charge in [0.1, 0.15) is 5.60 Å². The summed E-state index contributed by atoms with van der Waals surface area (Å²) in [6.07, 6.45) is -0.514. The first-order valence-corrected chi connectivity index (χ1v) is 12.4. The number of likely N-dealkylation sites (N-methyl/N-ethyl adjacent to an activating group) is 1. The van der Waals surface area contributed by atoms with Crippen LogP contribution in [0.25, 0.3) is 16.3 Å². The van der Waals surface area contributed by atoms with Crippen LogP contribution in [0.4, 0.5) is 22.4 Å². The van der Waals surface area contributed by atoms with Gasteiger partial charge in [-0.2, -0.15) is 0 Å². The van der Waals surface area contributed by atoms with Crippen LogP contribution in [0.2, 0.25) is 0 Å². The summed E-state index contributed by atoms with van der Waals surface area (Å²) in [5.41, 5.74) is -0.956. The van der Waals surface area contributed by atoms with Gasteiger partial charge < -0.3 is 19.0 Å². The molecule has 40 heavy (non-hydrogen) atoms. The Labute approximate surface area is 225 Å². The Morgan fingerprint density at radius 3 is 2.45 bits per heavy atom. The lowest BCUT2D eigenvalue weighted by molar-refractivity contribution is 0.0142. The standard InChI is InChI=1S/C28H26F4N4O4/c1-28(2,3)40-27(39)36-12-20-23(16-9-18(29)19(30)10-17(16)25(37)33-20)22(13-36)34(4)26(38)14-8-21-15(24(31)32)6-5-7-35(21)11-14/h5-11,22,24H,12-13H2,1-4H3,(H,33,37). The summed E-state index contributed by atoms with van der Waals surface area (Å²) in [6.45, 7) is 4.86. The van der Waals surface area contributed by atoms with E-state index in [1.54, 1.807) is 20.8 Å². The summed E-state index contributed by atoms with van der Waals surface area (Å²) in [5, 5.41) is -0.0291. The normalized spacial score (nSPS) is 15.5. The first kappa shape index (κ1) is 27.2. The highest BCUT2D eigenvalue weighted by molar-refractivity contribution is 5.97. The van der Waals surface area contributed by atoms with Gasteiger partial charge in [-0.05, 0) is 56.5 Å². The number of nitrogens with one attached hydrogen (secondary N) is 1. The third-order valence-electron chi connectivity index (χ3n) is 6.85. The number of carbonyl (C=O) groups is 2. The van der Waals surface area contributed by atoms with E-state index in [-0.39, 0.29) is 46.2 Å². The Bertz CT molecular complexity index is 1720. The largest absolute Gasteiger partial charge is 0.444 e. The van der Waals surface area contributed by atoms with Crippen molar-refractivity contribution in [2.75, 3.05) is 13.6 Å². The van der Waals surface area contributed by atoms with Gasteiger partial charge in [0.2, 0.25) is 0 Å². The second-order valence-corrected chi connectivity index (χ2v) is 10.7. The van der Waals surface area contributed by atoms with E-state index in [1.807, 2.05) is 0 Å². The molecule has 4 heterocycles. The van der Waals surface area contributed by atoms with Gasteiger partial charge >= 0.3 is 6.09 Å². The molecule has 1 aliphatic heterocycles. The Hall–Kier alpha value is -4.35. The smallest absolute Gasteiger partial charge is 0.410 e. The topological polar surface area (TPSA) is 87.1 Å². The van der Waals surface area contributed by atoms with Gasteiger partial charge in [0.25, 0.3) is 17.9 Å². The van der Waals surface area contributed by atoms with E-state index in [2.05, 4.69) is 4.98 Å². The van der Waals surface area contributed by atoms with Gasteiger partial charge in [-0.3, -0.25) is 14.5 Å². The molecule has 210 valence electrons. The van der Waals surface area contributed by atoms with Crippen molar-refractivity contribution in [3.8, 4) is 0 Å². The molecule has 3 aromatic heterocycles. The van der Waals surface area contributed by atoms with Crippen LogP contribution in [0.1, 0.15) is 60.4 Å². The molecule has 8 nitrogen and oxygen atoms in total. The van der Waals surface area contributed by atoms with Crippen LogP contribution in [0.5, 0.6) is 0 Å². The molecule has 2 amide bonds. The Morgan fingerprint density at radius 1 is 1.12 bits per heavy atom. The van der Waals surface area contributed by atoms with E-state index in [4.69, 9.17) is 4.74 Å². The van der Waals surface area contributed by atoms with E-state index in [0.29, 0.717) is 5.56 Å². The number of nitrogens with zero attached hydrogens (tertiary/aromatic N) is 3. The molecule has 0 bridgehead atoms. The number of fused-ring (bicyclic) bond motifs is 4. The fourth-order valence-corrected chi connectivity index (χ4v) is 5.04. The highest BCUT2D eigenvalue weighted by Crippen LogP contribution is 2.36. The van der Waals surface area contributed by atoms with Crippen molar-refractivity contribution in [1.29, 1.82) is 0 Å². The lowest BCUT2D eigenvalue weighted by Gasteiger charge is -2.39. The number of carbonyl (C=O) groups excluding carboxylic acids is 2. The number of H-pyrrole nitrogens is 1. The zero-order valence-corrected chi connectivity index (χ0v) is 22.1. The van der Waals surface area contributed by atoms with Crippen LogP contribution >= 0.6 is 0 Å². The molecule has 4 aromatic rings. The maximum Gasteiger partial charge on any atom is 0.410 e. The number of aromatic amines is 1. The summed E-state index contributed by atoms with van der Waals surface area (Å²) in [6, 6.07) is 4.80. The molecule has 0 spiro atoms. The van der Waals surface area contributed by atoms with Gasteiger partial charge in [0.05, 0.1) is 29.1 Å². The molecule has 0 aliphatic carbocycles. The third-order valence-corrected chi connectivity index (χ3v) is 6.85. The van der Waals surface area contributed by atoms with Crippen molar-refractivity contribution >= 4 is 28.3 Å². The van der Waals surface area contributed by atoms with E-state index >= 15 is 0 Å². The number of pyridine rings is 2. The zero-order chi connectivity index (χ0) is 29.1. The van der Waals surface area contributed by atoms with Crippen molar-refractivity contribution in [1.82, 2.24) is 19.2 Å². The molecular formula is C28H26F4N4O4. The fourth-order valence-electron chi connectivity index (χ4n) is 5.04. The average Bonchev–Trinajstić information content (AvgIpc) is 3.31. The molecule has 0 saturated carbocycles. The van der Waals surface area contributed by atoms with E-state index in [9.17, 15) is 31.9 Å². The molecule has 1 atom stereocenters. The fraction of sp³-hybridized carbons (Fsp3) is 0.321. The number of ether oxygens (including phenoxy) is 1. The number of amides is 2. The zero-order valence-electron chi connectivity index (χ0n) is 22.1. The predicted molar refractivity (Wildman–Crippen MR) is 138 cm³/mol. The monoisotopic (exact) mass is 558 g/mol. The molecule has 12 heteroatoms. The molecule has 1 aromatic carbocycles. The van der Waals surface area contributed by atoms with E-state index in [0.717, 1.165) is 12.1 Å². The SMILES string of the molecule is CN(C(=O)c1cc2c(C(F)F)cccn2c1)C1CN(C(=O)OC(C)(C)C)Cc2[nH]c(=O)c3cc(F)c(F)cc3c21. The molecule has 1 aliphatic rings. The van der Waals surface area contributed by atoms with Crippen LogP contribution in [-0.2, 0) is 11.3 Å². The van der Waals surface area contributed by atoms with Crippen LogP contribution < -0.4 is 5.56 Å². The minimum Gasteiger partial charge on any atom is -0.444 e. The molecule has 5 rings (SSSR count). The summed E-state index contributed by atoms with van der Waals surface area (Å²) in [4.78, 5) is 44.8. The quantitative estimate of drug-likeness (QED) is 0.334. The highest BCUT2D eigenvalue weighted by atomic mass is 19.3. The number of halogens is 4. The first-order valence-electron chi connectivity index (χ1n) is 12.4. The summed E-state index contributed by atoms with van der Waals surface area (Å²) in [5.74, 6) is -2.96. The van der Waals surface area contributed by atoms with Gasteiger partial charge in [0.15, 0.2) is 11.6 Å². The second kappa shape index (κ2) is 9.68. The maximum atomic E-state index is 14.4. The Kier molecular flexibility index (Phi) is 6.59. The number of aromatic nitrogens is 2. The van der Waals surface area contributed by atoms with Crippen molar-refractivity contribution in [3.63, 3.8) is 0 Å². The predicted octanol–water partition coefficient (Wildman–Crippen LogP) is 5.56.